The van der Waals surface area contributed by atoms with E-state index in [-0.39, 0.29) is 5.78 Å². The lowest BCUT2D eigenvalue weighted by Gasteiger charge is -1.92. The van der Waals surface area contributed by atoms with E-state index in [0.29, 0.717) is 5.56 Å². The van der Waals surface area contributed by atoms with Gasteiger partial charge in [-0.15, -0.1) is 0 Å². The van der Waals surface area contributed by atoms with Crippen LogP contribution in [0.1, 0.15) is 16.1 Å². The SMILES string of the molecule is O=C(C=CC=Cc1ccco1)c1ccccc1. The average molecular weight is 224 g/mol. The van der Waals surface area contributed by atoms with Gasteiger partial charge in [-0.2, -0.15) is 0 Å². The van der Waals surface area contributed by atoms with Gasteiger partial charge in [-0.3, -0.25) is 4.79 Å². The lowest BCUT2D eigenvalue weighted by atomic mass is 10.1. The van der Waals surface area contributed by atoms with E-state index in [9.17, 15) is 4.79 Å². The molecule has 2 aromatic rings. The molecule has 0 saturated carbocycles. The van der Waals surface area contributed by atoms with Crippen LogP contribution in [0.4, 0.5) is 0 Å². The molecule has 0 aliphatic rings. The van der Waals surface area contributed by atoms with E-state index in [0.717, 1.165) is 5.76 Å². The summed E-state index contributed by atoms with van der Waals surface area (Å²) in [4.78, 5) is 11.7. The first-order valence-corrected chi connectivity index (χ1v) is 5.34. The topological polar surface area (TPSA) is 30.2 Å². The molecule has 0 aliphatic carbocycles. The first-order chi connectivity index (χ1) is 8.36. The number of hydrogen-bond acceptors (Lipinski definition) is 2. The Kier molecular flexibility index (Phi) is 3.71. The number of furan rings is 1. The molecule has 0 N–H and O–H groups in total. The third-order valence-electron chi connectivity index (χ3n) is 2.22. The summed E-state index contributed by atoms with van der Waals surface area (Å²) in [6.45, 7) is 0. The lowest BCUT2D eigenvalue weighted by Crippen LogP contribution is -1.92. The number of allylic oxidation sites excluding steroid dienone is 3. The molecule has 0 atom stereocenters. The van der Waals surface area contributed by atoms with Crippen molar-refractivity contribution in [1.29, 1.82) is 0 Å². The summed E-state index contributed by atoms with van der Waals surface area (Å²) in [6, 6.07) is 12.8. The first kappa shape index (κ1) is 11.1. The Balaban J connectivity index is 1.96. The summed E-state index contributed by atoms with van der Waals surface area (Å²) < 4.78 is 5.12. The molecule has 2 nitrogen and oxygen atoms in total. The Morgan fingerprint density at radius 2 is 1.82 bits per heavy atom. The summed E-state index contributed by atoms with van der Waals surface area (Å²) in [6.07, 6.45) is 8.43. The molecule has 0 bridgehead atoms. The Morgan fingerprint density at radius 1 is 1.00 bits per heavy atom. The Morgan fingerprint density at radius 3 is 2.53 bits per heavy atom. The van der Waals surface area contributed by atoms with Crippen LogP contribution in [0.5, 0.6) is 0 Å². The smallest absolute Gasteiger partial charge is 0.185 e. The predicted octanol–water partition coefficient (Wildman–Crippen LogP) is 3.73. The molecule has 2 heteroatoms. The number of carbonyl (C=O) groups excluding carboxylic acids is 1. The van der Waals surface area contributed by atoms with Crippen molar-refractivity contribution in [2.45, 2.75) is 0 Å². The van der Waals surface area contributed by atoms with Gasteiger partial charge < -0.3 is 4.42 Å². The predicted molar refractivity (Wildman–Crippen MR) is 67.7 cm³/mol. The number of ketones is 1. The second kappa shape index (κ2) is 5.66. The molecule has 0 saturated heterocycles. The number of hydrogen-bond donors (Lipinski definition) is 0. The van der Waals surface area contributed by atoms with Gasteiger partial charge in [0.1, 0.15) is 5.76 Å². The number of benzene rings is 1. The summed E-state index contributed by atoms with van der Waals surface area (Å²) in [5.41, 5.74) is 0.690. The first-order valence-electron chi connectivity index (χ1n) is 5.34. The second-order valence-corrected chi connectivity index (χ2v) is 3.46. The molecule has 1 aromatic carbocycles. The molecule has 84 valence electrons. The highest BCUT2D eigenvalue weighted by Gasteiger charge is 1.97. The minimum atomic E-state index is -0.00491. The van der Waals surface area contributed by atoms with E-state index in [2.05, 4.69) is 0 Å². The van der Waals surface area contributed by atoms with Crippen LogP contribution in [0.15, 0.2) is 71.4 Å². The van der Waals surface area contributed by atoms with Gasteiger partial charge in [0, 0.05) is 5.56 Å². The number of rotatable bonds is 4. The molecular weight excluding hydrogens is 212 g/mol. The van der Waals surface area contributed by atoms with Crippen molar-refractivity contribution in [3.63, 3.8) is 0 Å². The summed E-state index contributed by atoms with van der Waals surface area (Å²) in [5.74, 6) is 0.761. The van der Waals surface area contributed by atoms with E-state index in [1.807, 2.05) is 30.3 Å². The van der Waals surface area contributed by atoms with Crippen molar-refractivity contribution in [2.24, 2.45) is 0 Å². The van der Waals surface area contributed by atoms with Gasteiger partial charge in [-0.05, 0) is 24.3 Å². The van der Waals surface area contributed by atoms with E-state index in [4.69, 9.17) is 4.42 Å². The van der Waals surface area contributed by atoms with Crippen molar-refractivity contribution >= 4 is 11.9 Å². The molecule has 1 heterocycles. The molecule has 17 heavy (non-hydrogen) atoms. The molecule has 2 rings (SSSR count). The fraction of sp³-hybridized carbons (Fsp3) is 0. The molecular formula is C15H12O2. The van der Waals surface area contributed by atoms with Crippen LogP contribution in [0.3, 0.4) is 0 Å². The van der Waals surface area contributed by atoms with Crippen LogP contribution in [0, 0.1) is 0 Å². The zero-order valence-corrected chi connectivity index (χ0v) is 9.24. The van der Waals surface area contributed by atoms with E-state index < -0.39 is 0 Å². The van der Waals surface area contributed by atoms with Gasteiger partial charge in [-0.1, -0.05) is 42.5 Å². The van der Waals surface area contributed by atoms with Gasteiger partial charge >= 0.3 is 0 Å². The fourth-order valence-electron chi connectivity index (χ4n) is 1.38. The molecule has 0 unspecified atom stereocenters. The van der Waals surface area contributed by atoms with Crippen molar-refractivity contribution in [2.75, 3.05) is 0 Å². The van der Waals surface area contributed by atoms with E-state index in [1.54, 1.807) is 36.6 Å². The summed E-state index contributed by atoms with van der Waals surface area (Å²) >= 11 is 0. The summed E-state index contributed by atoms with van der Waals surface area (Å²) in [7, 11) is 0. The summed E-state index contributed by atoms with van der Waals surface area (Å²) in [5, 5.41) is 0. The van der Waals surface area contributed by atoms with Crippen LogP contribution in [0.2, 0.25) is 0 Å². The van der Waals surface area contributed by atoms with E-state index in [1.165, 1.54) is 6.08 Å². The monoisotopic (exact) mass is 224 g/mol. The molecule has 0 amide bonds. The maximum Gasteiger partial charge on any atom is 0.185 e. The van der Waals surface area contributed by atoms with Gasteiger partial charge in [0.2, 0.25) is 0 Å². The minimum absolute atomic E-state index is 0.00491. The highest BCUT2D eigenvalue weighted by molar-refractivity contribution is 6.04. The maximum atomic E-state index is 11.7. The number of carbonyl (C=O) groups is 1. The zero-order valence-electron chi connectivity index (χ0n) is 9.24. The van der Waals surface area contributed by atoms with E-state index >= 15 is 0 Å². The van der Waals surface area contributed by atoms with Crippen LogP contribution in [-0.2, 0) is 0 Å². The van der Waals surface area contributed by atoms with Gasteiger partial charge in [0.25, 0.3) is 0 Å². The Bertz CT molecular complexity index is 519. The highest BCUT2D eigenvalue weighted by atomic mass is 16.3. The van der Waals surface area contributed by atoms with Crippen LogP contribution in [-0.4, -0.2) is 5.78 Å². The molecule has 0 spiro atoms. The third-order valence-corrected chi connectivity index (χ3v) is 2.22. The normalized spacial score (nSPS) is 11.3. The van der Waals surface area contributed by atoms with Crippen molar-refractivity contribution in [1.82, 2.24) is 0 Å². The molecule has 1 aromatic heterocycles. The van der Waals surface area contributed by atoms with Gasteiger partial charge in [-0.25, -0.2) is 0 Å². The van der Waals surface area contributed by atoms with Gasteiger partial charge in [0.05, 0.1) is 6.26 Å². The van der Waals surface area contributed by atoms with Crippen LogP contribution < -0.4 is 0 Å². The lowest BCUT2D eigenvalue weighted by molar-refractivity contribution is 0.104. The van der Waals surface area contributed by atoms with Crippen molar-refractivity contribution in [3.8, 4) is 0 Å². The zero-order chi connectivity index (χ0) is 11.9. The van der Waals surface area contributed by atoms with Gasteiger partial charge in [0.15, 0.2) is 5.78 Å². The quantitative estimate of drug-likeness (QED) is 0.450. The van der Waals surface area contributed by atoms with Crippen molar-refractivity contribution in [3.05, 3.63) is 78.3 Å². The minimum Gasteiger partial charge on any atom is -0.465 e. The maximum absolute atomic E-state index is 11.7. The largest absolute Gasteiger partial charge is 0.465 e. The standard InChI is InChI=1S/C15H12O2/c16-15(13-7-2-1-3-8-13)11-5-4-9-14-10-6-12-17-14/h1-12H. The van der Waals surface area contributed by atoms with Crippen molar-refractivity contribution < 1.29 is 9.21 Å². The fourth-order valence-corrected chi connectivity index (χ4v) is 1.38. The molecule has 0 aliphatic heterocycles. The Hall–Kier alpha value is -2.35. The second-order valence-electron chi connectivity index (χ2n) is 3.46. The molecule has 0 fully saturated rings. The van der Waals surface area contributed by atoms with Crippen LogP contribution >= 0.6 is 0 Å². The Labute approximate surface area is 99.9 Å². The van der Waals surface area contributed by atoms with Crippen LogP contribution in [0.25, 0.3) is 6.08 Å². The average Bonchev–Trinajstić information content (AvgIpc) is 2.88. The third kappa shape index (κ3) is 3.31. The highest BCUT2D eigenvalue weighted by Crippen LogP contribution is 2.03. The molecule has 0 radical (unpaired) electrons.